The Hall–Kier alpha value is -2.50. The second-order valence-electron chi connectivity index (χ2n) is 8.50. The molecule has 0 bridgehead atoms. The predicted octanol–water partition coefficient (Wildman–Crippen LogP) is 4.69. The van der Waals surface area contributed by atoms with E-state index in [0.717, 1.165) is 74.6 Å². The minimum Gasteiger partial charge on any atom is -0.369 e. The van der Waals surface area contributed by atoms with Crippen LogP contribution in [0.25, 0.3) is 16.7 Å². The number of anilines is 1. The van der Waals surface area contributed by atoms with Crippen LogP contribution in [0.5, 0.6) is 0 Å². The molecule has 2 aliphatic rings. The van der Waals surface area contributed by atoms with Crippen molar-refractivity contribution in [1.82, 2.24) is 14.0 Å². The molecule has 5 rings (SSSR count). The van der Waals surface area contributed by atoms with Gasteiger partial charge in [0, 0.05) is 55.7 Å². The number of halogens is 1. The van der Waals surface area contributed by atoms with Crippen molar-refractivity contribution < 1.29 is 0 Å². The smallest absolute Gasteiger partial charge is 0.333 e. The second-order valence-corrected chi connectivity index (χ2v) is 8.94. The van der Waals surface area contributed by atoms with Gasteiger partial charge in [0.1, 0.15) is 0 Å². The Labute approximate surface area is 188 Å². The minimum atomic E-state index is 0.106. The van der Waals surface area contributed by atoms with Gasteiger partial charge in [-0.15, -0.1) is 0 Å². The van der Waals surface area contributed by atoms with E-state index in [1.54, 1.807) is 0 Å². The van der Waals surface area contributed by atoms with Crippen LogP contribution in [0.2, 0.25) is 5.02 Å². The lowest BCUT2D eigenvalue weighted by Crippen LogP contribution is -2.47. The van der Waals surface area contributed by atoms with E-state index in [0.29, 0.717) is 0 Å². The monoisotopic (exact) mass is 436 g/mol. The molecule has 1 aliphatic carbocycles. The molecule has 0 atom stereocenters. The molecule has 5 nitrogen and oxygen atoms in total. The van der Waals surface area contributed by atoms with Gasteiger partial charge in [-0.25, -0.2) is 4.79 Å². The van der Waals surface area contributed by atoms with Gasteiger partial charge in [0.2, 0.25) is 0 Å². The highest BCUT2D eigenvalue weighted by Crippen LogP contribution is 2.25. The average Bonchev–Trinajstić information content (AvgIpc) is 3.10. The summed E-state index contributed by atoms with van der Waals surface area (Å²) in [6.45, 7) is 5.60. The highest BCUT2D eigenvalue weighted by Gasteiger charge is 2.20. The summed E-state index contributed by atoms with van der Waals surface area (Å²) < 4.78 is 3.92. The highest BCUT2D eigenvalue weighted by molar-refractivity contribution is 6.30. The molecule has 0 radical (unpaired) electrons. The normalized spacial score (nSPS) is 17.8. The first-order valence-electron chi connectivity index (χ1n) is 11.3. The van der Waals surface area contributed by atoms with Crippen LogP contribution in [0.1, 0.15) is 25.7 Å². The zero-order valence-corrected chi connectivity index (χ0v) is 18.6. The summed E-state index contributed by atoms with van der Waals surface area (Å²) in [5.41, 5.74) is 4.58. The van der Waals surface area contributed by atoms with E-state index in [4.69, 9.17) is 11.6 Å². The molecule has 6 heteroatoms. The predicted molar refractivity (Wildman–Crippen MR) is 129 cm³/mol. The van der Waals surface area contributed by atoms with E-state index in [-0.39, 0.29) is 5.69 Å². The van der Waals surface area contributed by atoms with Crippen molar-refractivity contribution in [3.05, 3.63) is 70.1 Å². The fraction of sp³-hybridized carbons (Fsp3) is 0.400. The molecule has 2 heterocycles. The zero-order valence-electron chi connectivity index (χ0n) is 17.8. The van der Waals surface area contributed by atoms with Crippen LogP contribution in [0.4, 0.5) is 5.69 Å². The Kier molecular flexibility index (Phi) is 5.88. The number of fused-ring (bicyclic) bond motifs is 1. The Balaban J connectivity index is 1.29. The second kappa shape index (κ2) is 8.93. The van der Waals surface area contributed by atoms with Crippen LogP contribution in [-0.4, -0.2) is 46.8 Å². The summed E-state index contributed by atoms with van der Waals surface area (Å²) in [6, 6.07) is 16.3. The number of rotatable bonds is 5. The third-order valence-electron chi connectivity index (χ3n) is 6.59. The molecule has 0 saturated carbocycles. The van der Waals surface area contributed by atoms with Crippen molar-refractivity contribution >= 4 is 34.0 Å². The topological polar surface area (TPSA) is 33.4 Å². The molecule has 162 valence electrons. The van der Waals surface area contributed by atoms with Crippen LogP contribution >= 0.6 is 11.6 Å². The quantitative estimate of drug-likeness (QED) is 0.581. The molecule has 2 aromatic carbocycles. The number of benzene rings is 2. The van der Waals surface area contributed by atoms with E-state index in [1.165, 1.54) is 17.8 Å². The lowest BCUT2D eigenvalue weighted by atomic mass is 10.0. The number of allylic oxidation sites excluding steroid dienone is 2. The van der Waals surface area contributed by atoms with Crippen molar-refractivity contribution in [3.8, 4) is 0 Å². The largest absolute Gasteiger partial charge is 0.369 e. The number of imidazole rings is 1. The SMILES string of the molecule is O=c1n(CCN2CCN(c3ccc(Cl)cc3)CC2)c2ccccc2n1C1=CCCCC1. The lowest BCUT2D eigenvalue weighted by molar-refractivity contribution is 0.248. The van der Waals surface area contributed by atoms with Gasteiger partial charge in [0.25, 0.3) is 0 Å². The van der Waals surface area contributed by atoms with Crippen LogP contribution in [0.15, 0.2) is 59.4 Å². The Morgan fingerprint density at radius 2 is 1.58 bits per heavy atom. The Bertz CT molecular complexity index is 1140. The van der Waals surface area contributed by atoms with Gasteiger partial charge in [0.05, 0.1) is 11.0 Å². The molecule has 1 aliphatic heterocycles. The standard InChI is InChI=1S/C25H29ClN4O/c26-20-10-12-21(13-11-20)28-17-14-27(15-18-28)16-19-29-23-8-4-5-9-24(23)30(25(29)31)22-6-2-1-3-7-22/h4-6,8-13H,1-3,7,14-19H2. The summed E-state index contributed by atoms with van der Waals surface area (Å²) >= 11 is 6.02. The number of nitrogens with zero attached hydrogens (tertiary/aromatic N) is 4. The van der Waals surface area contributed by atoms with Crippen molar-refractivity contribution in [1.29, 1.82) is 0 Å². The summed E-state index contributed by atoms with van der Waals surface area (Å²) in [5.74, 6) is 0. The molecule has 0 spiro atoms. The third-order valence-corrected chi connectivity index (χ3v) is 6.85. The average molecular weight is 437 g/mol. The van der Waals surface area contributed by atoms with Crippen LogP contribution in [-0.2, 0) is 6.54 Å². The van der Waals surface area contributed by atoms with Gasteiger partial charge in [-0.3, -0.25) is 14.0 Å². The van der Waals surface area contributed by atoms with E-state index in [2.05, 4.69) is 40.1 Å². The minimum absolute atomic E-state index is 0.106. The molecule has 31 heavy (non-hydrogen) atoms. The van der Waals surface area contributed by atoms with Crippen molar-refractivity contribution in [2.24, 2.45) is 0 Å². The first-order chi connectivity index (χ1) is 15.2. The molecule has 0 amide bonds. The summed E-state index contributed by atoms with van der Waals surface area (Å²) in [5, 5.41) is 0.774. The zero-order chi connectivity index (χ0) is 21.2. The maximum absolute atomic E-state index is 13.4. The number of piperazine rings is 1. The lowest BCUT2D eigenvalue weighted by Gasteiger charge is -2.36. The molecular formula is C25H29ClN4O. The number of para-hydroxylation sites is 2. The van der Waals surface area contributed by atoms with Crippen LogP contribution < -0.4 is 10.6 Å². The first-order valence-corrected chi connectivity index (χ1v) is 11.7. The number of hydrogen-bond acceptors (Lipinski definition) is 3. The van der Waals surface area contributed by atoms with E-state index in [9.17, 15) is 4.79 Å². The van der Waals surface area contributed by atoms with E-state index >= 15 is 0 Å². The third kappa shape index (κ3) is 4.17. The Morgan fingerprint density at radius 3 is 2.29 bits per heavy atom. The molecular weight excluding hydrogens is 408 g/mol. The van der Waals surface area contributed by atoms with E-state index in [1.807, 2.05) is 33.4 Å². The van der Waals surface area contributed by atoms with Gasteiger partial charge in [0.15, 0.2) is 0 Å². The summed E-state index contributed by atoms with van der Waals surface area (Å²) in [6.07, 6.45) is 6.69. The van der Waals surface area contributed by atoms with Crippen molar-refractivity contribution in [2.75, 3.05) is 37.6 Å². The van der Waals surface area contributed by atoms with Crippen LogP contribution in [0.3, 0.4) is 0 Å². The Morgan fingerprint density at radius 1 is 0.839 bits per heavy atom. The maximum atomic E-state index is 13.4. The molecule has 3 aromatic rings. The first kappa shape index (κ1) is 20.4. The summed E-state index contributed by atoms with van der Waals surface area (Å²) in [7, 11) is 0. The van der Waals surface area contributed by atoms with Gasteiger partial charge in [-0.05, 0) is 62.1 Å². The summed E-state index contributed by atoms with van der Waals surface area (Å²) in [4.78, 5) is 18.2. The van der Waals surface area contributed by atoms with Crippen molar-refractivity contribution in [3.63, 3.8) is 0 Å². The highest BCUT2D eigenvalue weighted by atomic mass is 35.5. The molecule has 0 N–H and O–H groups in total. The molecule has 0 unspecified atom stereocenters. The van der Waals surface area contributed by atoms with Crippen molar-refractivity contribution in [2.45, 2.75) is 32.2 Å². The fourth-order valence-electron chi connectivity index (χ4n) is 4.85. The fourth-order valence-corrected chi connectivity index (χ4v) is 4.98. The molecule has 1 aromatic heterocycles. The molecule has 1 saturated heterocycles. The van der Waals surface area contributed by atoms with Gasteiger partial charge in [-0.1, -0.05) is 29.8 Å². The number of aromatic nitrogens is 2. The van der Waals surface area contributed by atoms with Gasteiger partial charge < -0.3 is 4.90 Å². The van der Waals surface area contributed by atoms with E-state index < -0.39 is 0 Å². The molecule has 1 fully saturated rings. The number of hydrogen-bond donors (Lipinski definition) is 0. The van der Waals surface area contributed by atoms with Gasteiger partial charge >= 0.3 is 5.69 Å². The van der Waals surface area contributed by atoms with Crippen LogP contribution in [0, 0.1) is 0 Å². The maximum Gasteiger partial charge on any atom is 0.333 e. The van der Waals surface area contributed by atoms with Gasteiger partial charge in [-0.2, -0.15) is 0 Å².